The smallest absolute Gasteiger partial charge is 0.0562 e. The van der Waals surface area contributed by atoms with Crippen LogP contribution in [0.2, 0.25) is 0 Å². The lowest BCUT2D eigenvalue weighted by molar-refractivity contribution is 0.992. The Balaban J connectivity index is 2.23. The molecule has 1 N–H and O–H groups in total. The molecule has 1 aromatic carbocycles. The lowest BCUT2D eigenvalue weighted by Crippen LogP contribution is -2.23. The van der Waals surface area contributed by atoms with E-state index in [1.165, 1.54) is 21.2 Å². The molecule has 3 heteroatoms. The van der Waals surface area contributed by atoms with Gasteiger partial charge in [0.15, 0.2) is 0 Å². The molecule has 0 bridgehead atoms. The number of fused-ring (bicyclic) bond motifs is 3. The first-order valence-corrected chi connectivity index (χ1v) is 10.5. The molecule has 1 atom stereocenters. The van der Waals surface area contributed by atoms with Gasteiger partial charge >= 0.3 is 0 Å². The minimum Gasteiger partial charge on any atom is -0.281 e. The predicted molar refractivity (Wildman–Crippen MR) is 95.9 cm³/mol. The molecule has 1 aliphatic rings. The van der Waals surface area contributed by atoms with Crippen LogP contribution in [0, 0.1) is 0 Å². The molecule has 0 radical (unpaired) electrons. The molecule has 2 aromatic rings. The molecule has 108 valence electrons. The topological polar surface area (TPSA) is 12.0 Å². The lowest BCUT2D eigenvalue weighted by atomic mass is 10.1. The minimum absolute atomic E-state index is 0.579. The molecule has 0 saturated heterocycles. The second-order valence-corrected chi connectivity index (χ2v) is 10.6. The highest BCUT2D eigenvalue weighted by Gasteiger charge is 2.37. The van der Waals surface area contributed by atoms with Gasteiger partial charge in [0.2, 0.25) is 0 Å². The van der Waals surface area contributed by atoms with E-state index < -0.39 is 10.2 Å². The highest BCUT2D eigenvalue weighted by molar-refractivity contribution is 8.31. The first-order chi connectivity index (χ1) is 9.47. The zero-order valence-corrected chi connectivity index (χ0v) is 14.5. The van der Waals surface area contributed by atoms with Crippen molar-refractivity contribution in [2.45, 2.75) is 26.0 Å². The van der Waals surface area contributed by atoms with Gasteiger partial charge in [-0.2, -0.15) is 10.2 Å². The highest BCUT2D eigenvalue weighted by atomic mass is 32.3. The standard InChI is InChI=1S/C17H23NS2/c1-6-18-20(4,5)17-12(3)11(2)15-13-9-7-8-10-14(13)19-16(15)17/h7-10,17-18H,6H2,1-5H3. The van der Waals surface area contributed by atoms with Crippen LogP contribution < -0.4 is 4.72 Å². The van der Waals surface area contributed by atoms with Gasteiger partial charge in [0.25, 0.3) is 0 Å². The normalized spacial score (nSPS) is 19.8. The van der Waals surface area contributed by atoms with Gasteiger partial charge < -0.3 is 0 Å². The van der Waals surface area contributed by atoms with E-state index >= 15 is 0 Å². The number of nitrogens with one attached hydrogen (secondary N) is 1. The third kappa shape index (κ3) is 1.95. The first kappa shape index (κ1) is 14.2. The maximum Gasteiger partial charge on any atom is 0.0562 e. The monoisotopic (exact) mass is 305 g/mol. The maximum absolute atomic E-state index is 3.76. The number of benzene rings is 1. The van der Waals surface area contributed by atoms with Crippen molar-refractivity contribution in [3.8, 4) is 0 Å². The van der Waals surface area contributed by atoms with Crippen LogP contribution in [0.4, 0.5) is 0 Å². The summed E-state index contributed by atoms with van der Waals surface area (Å²) < 4.78 is 5.19. The van der Waals surface area contributed by atoms with Crippen LogP contribution in [-0.2, 0) is 0 Å². The van der Waals surface area contributed by atoms with Gasteiger partial charge in [-0.15, -0.1) is 11.3 Å². The first-order valence-electron chi connectivity index (χ1n) is 7.13. The lowest BCUT2D eigenvalue weighted by Gasteiger charge is -2.39. The van der Waals surface area contributed by atoms with Crippen molar-refractivity contribution in [2.75, 3.05) is 19.1 Å². The molecular formula is C17H23NS2. The molecule has 0 spiro atoms. The number of thiophene rings is 1. The molecule has 3 rings (SSSR count). The largest absolute Gasteiger partial charge is 0.281 e. The Kier molecular flexibility index (Phi) is 3.47. The van der Waals surface area contributed by atoms with Crippen molar-refractivity contribution >= 4 is 37.2 Å². The summed E-state index contributed by atoms with van der Waals surface area (Å²) in [4.78, 5) is 1.59. The van der Waals surface area contributed by atoms with Gasteiger partial charge in [-0.05, 0) is 38.0 Å². The quantitative estimate of drug-likeness (QED) is 0.807. The summed E-state index contributed by atoms with van der Waals surface area (Å²) >= 11 is 1.99. The molecule has 0 aliphatic heterocycles. The molecule has 1 heterocycles. The fraction of sp³-hybridized carbons (Fsp3) is 0.412. The van der Waals surface area contributed by atoms with Crippen molar-refractivity contribution in [1.29, 1.82) is 0 Å². The zero-order chi connectivity index (χ0) is 14.5. The van der Waals surface area contributed by atoms with E-state index in [0.717, 1.165) is 6.54 Å². The van der Waals surface area contributed by atoms with Gasteiger partial charge in [-0.25, -0.2) is 0 Å². The van der Waals surface area contributed by atoms with Gasteiger partial charge in [0.05, 0.1) is 5.25 Å². The third-order valence-electron chi connectivity index (χ3n) is 4.33. The van der Waals surface area contributed by atoms with E-state index in [2.05, 4.69) is 62.3 Å². The molecular weight excluding hydrogens is 282 g/mol. The van der Waals surface area contributed by atoms with E-state index in [0.29, 0.717) is 5.25 Å². The Bertz CT molecular complexity index is 694. The highest BCUT2D eigenvalue weighted by Crippen LogP contribution is 2.63. The summed E-state index contributed by atoms with van der Waals surface area (Å²) in [5, 5.41) is 2.02. The van der Waals surface area contributed by atoms with Crippen LogP contribution in [0.5, 0.6) is 0 Å². The molecule has 1 aromatic heterocycles. The van der Waals surface area contributed by atoms with E-state index in [1.807, 2.05) is 11.3 Å². The van der Waals surface area contributed by atoms with Gasteiger partial charge in [0.1, 0.15) is 0 Å². The van der Waals surface area contributed by atoms with Crippen molar-refractivity contribution in [1.82, 2.24) is 4.72 Å². The van der Waals surface area contributed by atoms with Crippen molar-refractivity contribution in [2.24, 2.45) is 0 Å². The maximum atomic E-state index is 3.76. The van der Waals surface area contributed by atoms with Crippen molar-refractivity contribution in [3.05, 3.63) is 40.3 Å². The molecule has 0 amide bonds. The molecule has 1 nitrogen and oxygen atoms in total. The fourth-order valence-corrected chi connectivity index (χ4v) is 8.19. The van der Waals surface area contributed by atoms with Gasteiger partial charge in [-0.1, -0.05) is 30.7 Å². The van der Waals surface area contributed by atoms with Crippen LogP contribution >= 0.6 is 21.6 Å². The second-order valence-electron chi connectivity index (χ2n) is 5.93. The molecule has 1 unspecified atom stereocenters. The summed E-state index contributed by atoms with van der Waals surface area (Å²) in [5.74, 6) is 0. The Labute approximate surface area is 127 Å². The van der Waals surface area contributed by atoms with E-state index in [-0.39, 0.29) is 0 Å². The Hall–Kier alpha value is -0.770. The predicted octanol–water partition coefficient (Wildman–Crippen LogP) is 5.34. The van der Waals surface area contributed by atoms with E-state index in [4.69, 9.17) is 0 Å². The Morgan fingerprint density at radius 3 is 2.60 bits per heavy atom. The molecule has 0 saturated carbocycles. The summed E-state index contributed by atoms with van der Waals surface area (Å²) in [5.41, 5.74) is 4.59. The number of hydrogen-bond donors (Lipinski definition) is 1. The second kappa shape index (κ2) is 4.90. The molecule has 0 fully saturated rings. The Morgan fingerprint density at radius 2 is 1.90 bits per heavy atom. The average Bonchev–Trinajstić information content (AvgIpc) is 2.86. The number of allylic oxidation sites excluding steroid dienone is 1. The number of rotatable bonds is 3. The molecule has 20 heavy (non-hydrogen) atoms. The van der Waals surface area contributed by atoms with Crippen LogP contribution in [-0.4, -0.2) is 19.1 Å². The fourth-order valence-electron chi connectivity index (χ4n) is 3.39. The van der Waals surface area contributed by atoms with Crippen LogP contribution in [0.1, 0.15) is 36.5 Å². The zero-order valence-electron chi connectivity index (χ0n) is 12.9. The molecule has 1 aliphatic carbocycles. The van der Waals surface area contributed by atoms with Crippen LogP contribution in [0.3, 0.4) is 0 Å². The SMILES string of the molecule is CCNS(C)(C)C1C(C)=C(C)c2c1sc1ccccc21. The van der Waals surface area contributed by atoms with E-state index in [9.17, 15) is 0 Å². The van der Waals surface area contributed by atoms with Crippen LogP contribution in [0.15, 0.2) is 29.8 Å². The van der Waals surface area contributed by atoms with E-state index in [1.54, 1.807) is 10.5 Å². The summed E-state index contributed by atoms with van der Waals surface area (Å²) in [6.07, 6.45) is 4.83. The summed E-state index contributed by atoms with van der Waals surface area (Å²) in [7, 11) is -0.851. The Morgan fingerprint density at radius 1 is 1.20 bits per heavy atom. The number of hydrogen-bond acceptors (Lipinski definition) is 2. The van der Waals surface area contributed by atoms with Crippen molar-refractivity contribution < 1.29 is 0 Å². The average molecular weight is 306 g/mol. The summed E-state index contributed by atoms with van der Waals surface area (Å²) in [6.45, 7) is 7.88. The third-order valence-corrected chi connectivity index (χ3v) is 8.51. The van der Waals surface area contributed by atoms with Crippen LogP contribution in [0.25, 0.3) is 15.7 Å². The summed E-state index contributed by atoms with van der Waals surface area (Å²) in [6, 6.07) is 8.84. The van der Waals surface area contributed by atoms with Crippen molar-refractivity contribution in [3.63, 3.8) is 0 Å². The van der Waals surface area contributed by atoms with Gasteiger partial charge in [-0.3, -0.25) is 4.72 Å². The van der Waals surface area contributed by atoms with Gasteiger partial charge in [0, 0.05) is 27.1 Å². The minimum atomic E-state index is -0.851.